The van der Waals surface area contributed by atoms with E-state index in [4.69, 9.17) is 37.3 Å². The van der Waals surface area contributed by atoms with Gasteiger partial charge in [-0.1, -0.05) is 237 Å². The van der Waals surface area contributed by atoms with Crippen LogP contribution < -0.4 is 39.3 Å². The van der Waals surface area contributed by atoms with Gasteiger partial charge in [0.15, 0.2) is 10.9 Å². The summed E-state index contributed by atoms with van der Waals surface area (Å²) in [4.78, 5) is 26.9. The van der Waals surface area contributed by atoms with E-state index in [1.54, 1.807) is 12.5 Å². The van der Waals surface area contributed by atoms with Crippen LogP contribution in [0.1, 0.15) is 245 Å². The van der Waals surface area contributed by atoms with Crippen molar-refractivity contribution in [2.24, 2.45) is 0 Å². The molecule has 0 unspecified atom stereocenters. The van der Waals surface area contributed by atoms with Crippen LogP contribution in [0.5, 0.6) is 34.5 Å². The summed E-state index contributed by atoms with van der Waals surface area (Å²) in [5.41, 5.74) is 3.74. The lowest BCUT2D eigenvalue weighted by molar-refractivity contribution is 0.289. The van der Waals surface area contributed by atoms with Crippen molar-refractivity contribution in [1.29, 1.82) is 0 Å². The van der Waals surface area contributed by atoms with Crippen LogP contribution in [0.3, 0.4) is 0 Å². The first-order valence-electron chi connectivity index (χ1n) is 35.7. The van der Waals surface area contributed by atoms with Gasteiger partial charge in [-0.15, -0.1) is 0 Å². The third-order valence-corrected chi connectivity index (χ3v) is 17.3. The summed E-state index contributed by atoms with van der Waals surface area (Å²) in [6, 6.07) is 34.7. The van der Waals surface area contributed by atoms with Crippen molar-refractivity contribution < 1.29 is 37.3 Å². The average molecular weight is 1230 g/mol. The summed E-state index contributed by atoms with van der Waals surface area (Å²) < 4.78 is 48.1. The summed E-state index contributed by atoms with van der Waals surface area (Å²) in [5, 5.41) is 1.11. The molecular formula is C80H110O10. The highest BCUT2D eigenvalue weighted by atomic mass is 16.5. The maximum absolute atomic E-state index is 13.4. The quantitative estimate of drug-likeness (QED) is 0.0341. The molecule has 7 rings (SSSR count). The zero-order valence-electron chi connectivity index (χ0n) is 55.3. The molecule has 2 heterocycles. The maximum Gasteiger partial charge on any atom is 0.200 e. The van der Waals surface area contributed by atoms with E-state index in [2.05, 4.69) is 13.8 Å². The Bertz CT molecular complexity index is 2920. The summed E-state index contributed by atoms with van der Waals surface area (Å²) in [7, 11) is 0. The number of ether oxygens (including phenoxy) is 6. The number of hydrogen-bond acceptors (Lipinski definition) is 10. The minimum absolute atomic E-state index is 0.0426. The van der Waals surface area contributed by atoms with Crippen molar-refractivity contribution in [3.8, 4) is 56.8 Å². The molecule has 0 aliphatic heterocycles. The second-order valence-corrected chi connectivity index (χ2v) is 24.9. The van der Waals surface area contributed by atoms with Crippen LogP contribution in [0.4, 0.5) is 0 Å². The Kier molecular flexibility index (Phi) is 34.5. The van der Waals surface area contributed by atoms with E-state index in [1.165, 1.54) is 180 Å². The first-order chi connectivity index (χ1) is 44.5. The van der Waals surface area contributed by atoms with E-state index in [0.717, 1.165) is 123 Å². The molecule has 0 bridgehead atoms. The highest BCUT2D eigenvalue weighted by Gasteiger charge is 2.13. The van der Waals surface area contributed by atoms with Crippen molar-refractivity contribution >= 4 is 21.9 Å². The van der Waals surface area contributed by atoms with E-state index in [0.29, 0.717) is 46.3 Å². The molecule has 490 valence electrons. The monoisotopic (exact) mass is 1230 g/mol. The Morgan fingerprint density at radius 2 is 0.511 bits per heavy atom. The second kappa shape index (κ2) is 43.9. The topological polar surface area (TPSA) is 116 Å². The standard InChI is InChI=1S/C80H110O10/c1-3-5-7-9-11-21-27-33-54-83-67-46-42-65(43-47-67)75-63-89-77-61-71(50-52-73(77)79(75)81)87-58-37-31-25-19-15-13-17-23-29-35-56-85-69-40-39-41-70(60-69)86-57-36-30-24-18-14-16-20-26-32-38-59-88-72-51-53-74-78(62-72)90-64-76(80(74)82)66-44-48-68(49-45-66)84-55-34-28-22-12-10-8-6-4-2/h39-53,60-64H,3-38,54-59H2,1-2H3. The molecule has 7 aromatic rings. The predicted octanol–water partition coefficient (Wildman–Crippen LogP) is 23.0. The zero-order chi connectivity index (χ0) is 62.7. The fourth-order valence-corrected chi connectivity index (χ4v) is 11.8. The number of fused-ring (bicyclic) bond motifs is 2. The Labute approximate surface area is 540 Å². The highest BCUT2D eigenvalue weighted by molar-refractivity contribution is 5.83. The van der Waals surface area contributed by atoms with E-state index >= 15 is 0 Å². The number of unbranched alkanes of at least 4 members (excludes halogenated alkanes) is 32. The van der Waals surface area contributed by atoms with Crippen molar-refractivity contribution in [3.63, 3.8) is 0 Å². The molecule has 5 aromatic carbocycles. The van der Waals surface area contributed by atoms with E-state index < -0.39 is 0 Å². The number of rotatable bonds is 52. The third kappa shape index (κ3) is 27.0. The molecule has 2 aromatic heterocycles. The van der Waals surface area contributed by atoms with Crippen LogP contribution >= 0.6 is 0 Å². The first kappa shape index (κ1) is 70.8. The number of benzene rings is 5. The number of hydrogen-bond donors (Lipinski definition) is 0. The van der Waals surface area contributed by atoms with Crippen LogP contribution in [0.25, 0.3) is 44.2 Å². The lowest BCUT2D eigenvalue weighted by Gasteiger charge is -2.10. The van der Waals surface area contributed by atoms with Crippen molar-refractivity contribution in [1.82, 2.24) is 0 Å². The molecule has 10 heteroatoms. The highest BCUT2D eigenvalue weighted by Crippen LogP contribution is 2.29. The molecule has 0 saturated heterocycles. The fraction of sp³-hybridized carbons (Fsp3) is 0.550. The van der Waals surface area contributed by atoms with Gasteiger partial charge in [0.1, 0.15) is 58.2 Å². The van der Waals surface area contributed by atoms with E-state index in [1.807, 2.05) is 109 Å². The molecule has 0 radical (unpaired) electrons. The van der Waals surface area contributed by atoms with Gasteiger partial charge in [-0.25, -0.2) is 0 Å². The first-order valence-corrected chi connectivity index (χ1v) is 35.7. The predicted molar refractivity (Wildman–Crippen MR) is 373 cm³/mol. The Balaban J connectivity index is 0.616. The van der Waals surface area contributed by atoms with Gasteiger partial charge in [-0.05, 0) is 110 Å². The van der Waals surface area contributed by atoms with Gasteiger partial charge in [0.25, 0.3) is 0 Å². The van der Waals surface area contributed by atoms with Crippen LogP contribution in [0.15, 0.2) is 140 Å². The normalized spacial score (nSPS) is 11.4. The second-order valence-electron chi connectivity index (χ2n) is 24.9. The third-order valence-electron chi connectivity index (χ3n) is 17.3. The molecular weight excluding hydrogens is 1120 g/mol. The molecule has 0 saturated carbocycles. The van der Waals surface area contributed by atoms with Crippen LogP contribution in [0, 0.1) is 0 Å². The summed E-state index contributed by atoms with van der Waals surface area (Å²) >= 11 is 0. The average Bonchev–Trinajstić information content (AvgIpc) is 0.932. The van der Waals surface area contributed by atoms with Gasteiger partial charge in [0.2, 0.25) is 0 Å². The minimum atomic E-state index is -0.0426. The van der Waals surface area contributed by atoms with Crippen LogP contribution in [0.2, 0.25) is 0 Å². The molecule has 0 atom stereocenters. The van der Waals surface area contributed by atoms with Crippen LogP contribution in [-0.4, -0.2) is 39.6 Å². The van der Waals surface area contributed by atoms with Gasteiger partial charge in [0, 0.05) is 18.2 Å². The summed E-state index contributed by atoms with van der Waals surface area (Å²) in [6.07, 6.45) is 47.5. The Hall–Kier alpha value is -6.68. The summed E-state index contributed by atoms with van der Waals surface area (Å²) in [5.74, 6) is 4.90. The van der Waals surface area contributed by atoms with E-state index in [-0.39, 0.29) is 10.9 Å². The molecule has 0 aliphatic carbocycles. The molecule has 90 heavy (non-hydrogen) atoms. The molecule has 0 N–H and O–H groups in total. The van der Waals surface area contributed by atoms with Gasteiger partial charge in [0.05, 0.1) is 61.5 Å². The van der Waals surface area contributed by atoms with Gasteiger partial charge in [-0.3, -0.25) is 9.59 Å². The Morgan fingerprint density at radius 3 is 0.800 bits per heavy atom. The molecule has 0 aliphatic rings. The van der Waals surface area contributed by atoms with Gasteiger partial charge < -0.3 is 37.3 Å². The van der Waals surface area contributed by atoms with Gasteiger partial charge >= 0.3 is 0 Å². The minimum Gasteiger partial charge on any atom is -0.494 e. The largest absolute Gasteiger partial charge is 0.494 e. The molecule has 0 fully saturated rings. The summed E-state index contributed by atoms with van der Waals surface area (Å²) in [6.45, 7) is 8.73. The smallest absolute Gasteiger partial charge is 0.200 e. The SMILES string of the molecule is CCCCCCCCCCOc1ccc(-c2coc3cc(OCCCCCCCCCCCCOc4cccc(OCCCCCCCCCCCCOc5ccc6c(=O)c(-c7ccc(OCCCCCCCCCC)cc7)coc6c5)c4)ccc3c2=O)cc1. The molecule has 10 nitrogen and oxygen atoms in total. The molecule has 0 spiro atoms. The lowest BCUT2D eigenvalue weighted by atomic mass is 10.1. The van der Waals surface area contributed by atoms with Crippen molar-refractivity contribution in [2.45, 2.75) is 245 Å². The van der Waals surface area contributed by atoms with Crippen molar-refractivity contribution in [3.05, 3.63) is 142 Å². The zero-order valence-corrected chi connectivity index (χ0v) is 55.3. The Morgan fingerprint density at radius 1 is 0.267 bits per heavy atom. The van der Waals surface area contributed by atoms with E-state index in [9.17, 15) is 9.59 Å². The lowest BCUT2D eigenvalue weighted by Crippen LogP contribution is -2.05. The van der Waals surface area contributed by atoms with Crippen LogP contribution in [-0.2, 0) is 0 Å². The molecule has 0 amide bonds. The fourth-order valence-electron chi connectivity index (χ4n) is 11.8. The maximum atomic E-state index is 13.4. The van der Waals surface area contributed by atoms with Gasteiger partial charge in [-0.2, -0.15) is 0 Å². The van der Waals surface area contributed by atoms with Crippen molar-refractivity contribution in [2.75, 3.05) is 39.6 Å².